The van der Waals surface area contributed by atoms with Crippen molar-refractivity contribution in [3.63, 3.8) is 0 Å². The van der Waals surface area contributed by atoms with E-state index in [0.717, 1.165) is 5.39 Å². The van der Waals surface area contributed by atoms with Gasteiger partial charge in [0.1, 0.15) is 11.2 Å². The number of H-pyrrole nitrogens is 1. The number of aromatic nitrogens is 4. The molecule has 0 amide bonds. The van der Waals surface area contributed by atoms with Gasteiger partial charge in [-0.3, -0.25) is 4.79 Å². The lowest BCUT2D eigenvalue weighted by Gasteiger charge is -2.19. The fourth-order valence-electron chi connectivity index (χ4n) is 2.92. The number of carbonyl (C=O) groups excluding carboxylic acids is 2. The van der Waals surface area contributed by atoms with Gasteiger partial charge >= 0.3 is 6.09 Å². The van der Waals surface area contributed by atoms with Crippen molar-refractivity contribution in [2.24, 2.45) is 0 Å². The van der Waals surface area contributed by atoms with E-state index in [4.69, 9.17) is 4.74 Å². The third-order valence-electron chi connectivity index (χ3n) is 4.09. The smallest absolute Gasteiger partial charge is 0.435 e. The molecule has 0 radical (unpaired) electrons. The van der Waals surface area contributed by atoms with Crippen molar-refractivity contribution < 1.29 is 14.3 Å². The number of hydrogen-bond acceptors (Lipinski definition) is 5. The van der Waals surface area contributed by atoms with Gasteiger partial charge in [0.2, 0.25) is 0 Å². The lowest BCUT2D eigenvalue weighted by atomic mass is 10.0. The highest BCUT2D eigenvalue weighted by molar-refractivity contribution is 6.16. The molecule has 1 N–H and O–H groups in total. The van der Waals surface area contributed by atoms with Crippen LogP contribution < -0.4 is 0 Å². The maximum absolute atomic E-state index is 12.9. The Hall–Kier alpha value is -3.48. The normalized spacial score (nSPS) is 11.8. The molecule has 7 heteroatoms. The fraction of sp³-hybridized carbons (Fsp3) is 0.200. The van der Waals surface area contributed by atoms with E-state index in [2.05, 4.69) is 15.1 Å². The number of pyridine rings is 1. The Bertz CT molecular complexity index is 1180. The summed E-state index contributed by atoms with van der Waals surface area (Å²) >= 11 is 0. The van der Waals surface area contributed by atoms with Gasteiger partial charge in [0.15, 0.2) is 5.78 Å². The zero-order valence-corrected chi connectivity index (χ0v) is 15.2. The van der Waals surface area contributed by atoms with Crippen LogP contribution in [-0.2, 0) is 4.74 Å². The molecule has 7 nitrogen and oxygen atoms in total. The second-order valence-corrected chi connectivity index (χ2v) is 7.24. The van der Waals surface area contributed by atoms with Crippen LogP contribution in [0.2, 0.25) is 0 Å². The molecule has 0 atom stereocenters. The minimum absolute atomic E-state index is 0.124. The van der Waals surface area contributed by atoms with Crippen molar-refractivity contribution in [3.8, 4) is 0 Å². The lowest BCUT2D eigenvalue weighted by Crippen LogP contribution is -2.27. The molecule has 4 rings (SSSR count). The number of hydrogen-bond donors (Lipinski definition) is 1. The maximum Gasteiger partial charge on any atom is 0.435 e. The number of ketones is 1. The molecule has 0 aliphatic carbocycles. The summed E-state index contributed by atoms with van der Waals surface area (Å²) in [5, 5.41) is 5.56. The first-order valence-electron chi connectivity index (χ1n) is 8.51. The van der Waals surface area contributed by atoms with Gasteiger partial charge in [-0.2, -0.15) is 9.78 Å². The van der Waals surface area contributed by atoms with Crippen molar-refractivity contribution in [1.29, 1.82) is 0 Å². The molecule has 0 aliphatic rings. The maximum atomic E-state index is 12.9. The predicted octanol–water partition coefficient (Wildman–Crippen LogP) is 3.93. The van der Waals surface area contributed by atoms with Crippen LogP contribution in [0.4, 0.5) is 4.79 Å². The van der Waals surface area contributed by atoms with Gasteiger partial charge in [-0.25, -0.2) is 9.78 Å². The average molecular weight is 362 g/mol. The molecule has 0 saturated heterocycles. The third-order valence-corrected chi connectivity index (χ3v) is 4.09. The number of rotatable bonds is 2. The molecular formula is C20H18N4O3. The Balaban J connectivity index is 1.70. The van der Waals surface area contributed by atoms with Crippen LogP contribution in [-0.4, -0.2) is 37.2 Å². The molecule has 136 valence electrons. The molecule has 0 bridgehead atoms. The average Bonchev–Trinajstić information content (AvgIpc) is 3.23. The van der Waals surface area contributed by atoms with E-state index in [1.54, 1.807) is 63.6 Å². The van der Waals surface area contributed by atoms with Gasteiger partial charge in [0.05, 0.1) is 11.7 Å². The Kier molecular flexibility index (Phi) is 3.80. The Morgan fingerprint density at radius 1 is 1.19 bits per heavy atom. The second kappa shape index (κ2) is 6.05. The van der Waals surface area contributed by atoms with Gasteiger partial charge in [0.25, 0.3) is 0 Å². The number of ether oxygens (including phenoxy) is 1. The zero-order chi connectivity index (χ0) is 19.2. The predicted molar refractivity (Wildman–Crippen MR) is 101 cm³/mol. The fourth-order valence-corrected chi connectivity index (χ4v) is 2.92. The van der Waals surface area contributed by atoms with E-state index in [9.17, 15) is 9.59 Å². The summed E-state index contributed by atoms with van der Waals surface area (Å²) in [6.45, 7) is 5.39. The minimum atomic E-state index is -0.616. The van der Waals surface area contributed by atoms with E-state index in [0.29, 0.717) is 27.7 Å². The summed E-state index contributed by atoms with van der Waals surface area (Å²) in [4.78, 5) is 32.4. The van der Waals surface area contributed by atoms with Crippen molar-refractivity contribution in [2.75, 3.05) is 0 Å². The lowest BCUT2D eigenvalue weighted by molar-refractivity contribution is 0.0522. The van der Waals surface area contributed by atoms with E-state index < -0.39 is 11.7 Å². The van der Waals surface area contributed by atoms with Gasteiger partial charge in [-0.05, 0) is 51.1 Å². The molecule has 27 heavy (non-hydrogen) atoms. The van der Waals surface area contributed by atoms with Crippen molar-refractivity contribution in [1.82, 2.24) is 19.7 Å². The van der Waals surface area contributed by atoms with E-state index in [-0.39, 0.29) is 5.78 Å². The summed E-state index contributed by atoms with van der Waals surface area (Å²) < 4.78 is 6.56. The molecule has 0 fully saturated rings. The first-order valence-corrected chi connectivity index (χ1v) is 8.51. The third kappa shape index (κ3) is 3.08. The number of fused-ring (bicyclic) bond motifs is 2. The van der Waals surface area contributed by atoms with E-state index in [1.165, 1.54) is 4.68 Å². The van der Waals surface area contributed by atoms with Crippen LogP contribution in [0.25, 0.3) is 21.9 Å². The molecule has 0 aliphatic heterocycles. The van der Waals surface area contributed by atoms with E-state index >= 15 is 0 Å². The Morgan fingerprint density at radius 2 is 2.00 bits per heavy atom. The van der Waals surface area contributed by atoms with E-state index in [1.807, 2.05) is 6.07 Å². The highest BCUT2D eigenvalue weighted by Gasteiger charge is 2.21. The number of nitrogens with one attached hydrogen (secondary N) is 1. The quantitative estimate of drug-likeness (QED) is 0.546. The summed E-state index contributed by atoms with van der Waals surface area (Å²) in [6.07, 6.45) is 4.32. The summed E-state index contributed by atoms with van der Waals surface area (Å²) in [5.74, 6) is -0.124. The molecule has 3 heterocycles. The van der Waals surface area contributed by atoms with Gasteiger partial charge in [-0.15, -0.1) is 0 Å². The zero-order valence-electron chi connectivity index (χ0n) is 15.2. The topological polar surface area (TPSA) is 89.9 Å². The molecular weight excluding hydrogens is 344 g/mol. The Labute approximate surface area is 155 Å². The van der Waals surface area contributed by atoms with Crippen LogP contribution in [0.15, 0.2) is 48.9 Å². The molecule has 0 unspecified atom stereocenters. The number of nitrogens with zero attached hydrogens (tertiary/aromatic N) is 3. The second-order valence-electron chi connectivity index (χ2n) is 7.24. The van der Waals surface area contributed by atoms with Crippen LogP contribution >= 0.6 is 0 Å². The number of carbonyl (C=O) groups is 2. The van der Waals surface area contributed by atoms with Crippen molar-refractivity contribution in [2.45, 2.75) is 26.4 Å². The van der Waals surface area contributed by atoms with Crippen molar-refractivity contribution >= 4 is 33.8 Å². The number of aromatic amines is 1. The summed E-state index contributed by atoms with van der Waals surface area (Å²) in [7, 11) is 0. The molecule has 3 aromatic heterocycles. The first-order chi connectivity index (χ1) is 12.8. The largest absolute Gasteiger partial charge is 0.442 e. The molecule has 4 aromatic rings. The summed E-state index contributed by atoms with van der Waals surface area (Å²) in [5.41, 5.74) is 1.70. The highest BCUT2D eigenvalue weighted by Crippen LogP contribution is 2.23. The van der Waals surface area contributed by atoms with Crippen LogP contribution in [0.1, 0.15) is 36.7 Å². The summed E-state index contributed by atoms with van der Waals surface area (Å²) in [6, 6.07) is 8.75. The van der Waals surface area contributed by atoms with Crippen LogP contribution in [0.3, 0.4) is 0 Å². The van der Waals surface area contributed by atoms with Crippen molar-refractivity contribution in [3.05, 3.63) is 60.0 Å². The minimum Gasteiger partial charge on any atom is -0.442 e. The van der Waals surface area contributed by atoms with Gasteiger partial charge in [-0.1, -0.05) is 0 Å². The first kappa shape index (κ1) is 17.0. The molecule has 1 aromatic carbocycles. The SMILES string of the molecule is CC(C)(C)OC(=O)n1ncc2cc(C(=O)c3c[nH]c4ncccc34)ccc21. The molecule has 0 spiro atoms. The van der Waals surface area contributed by atoms with Gasteiger partial charge < -0.3 is 9.72 Å². The highest BCUT2D eigenvalue weighted by atomic mass is 16.6. The Morgan fingerprint density at radius 3 is 2.78 bits per heavy atom. The number of benzene rings is 1. The van der Waals surface area contributed by atoms with Gasteiger partial charge in [0, 0.05) is 34.3 Å². The van der Waals surface area contributed by atoms with Crippen LogP contribution in [0, 0.1) is 0 Å². The molecule has 0 saturated carbocycles. The standard InChI is InChI=1S/C20H18N4O3/c1-20(2,3)27-19(26)24-16-7-6-12(9-13(16)10-23-24)17(25)15-11-22-18-14(15)5-4-8-21-18/h4-11H,1-3H3,(H,21,22). The monoisotopic (exact) mass is 362 g/mol. The van der Waals surface area contributed by atoms with Crippen LogP contribution in [0.5, 0.6) is 0 Å².